The molecule has 0 aliphatic carbocycles. The van der Waals surface area contributed by atoms with E-state index in [1.807, 2.05) is 6.07 Å². The van der Waals surface area contributed by atoms with Crippen molar-refractivity contribution in [1.29, 1.82) is 0 Å². The molecular weight excluding hydrogens is 374 g/mol. The zero-order valence-electron chi connectivity index (χ0n) is 16.8. The molecule has 2 aliphatic rings. The van der Waals surface area contributed by atoms with Crippen LogP contribution in [-0.2, 0) is 19.1 Å². The molecule has 29 heavy (non-hydrogen) atoms. The fourth-order valence-electron chi connectivity index (χ4n) is 3.58. The molecule has 1 atom stereocenters. The van der Waals surface area contributed by atoms with Crippen LogP contribution in [0, 0.1) is 0 Å². The summed E-state index contributed by atoms with van der Waals surface area (Å²) in [6.45, 7) is 4.42. The molecule has 2 heterocycles. The average Bonchev–Trinajstić information content (AvgIpc) is 2.92. The number of hydrogen-bond donors (Lipinski definition) is 1. The Morgan fingerprint density at radius 2 is 1.76 bits per heavy atom. The van der Waals surface area contributed by atoms with Crippen molar-refractivity contribution in [1.82, 2.24) is 15.1 Å². The van der Waals surface area contributed by atoms with Crippen molar-refractivity contribution in [3.8, 4) is 0 Å². The number of esters is 1. The summed E-state index contributed by atoms with van der Waals surface area (Å²) in [5, 5.41) is 2.57. The summed E-state index contributed by atoms with van der Waals surface area (Å²) in [4.78, 5) is 52.4. The lowest BCUT2D eigenvalue weighted by Crippen LogP contribution is -2.41. The maximum absolute atomic E-state index is 13.0. The first-order chi connectivity index (χ1) is 13.8. The molecule has 8 heteroatoms. The second-order valence-electron chi connectivity index (χ2n) is 7.93. The highest BCUT2D eigenvalue weighted by Crippen LogP contribution is 2.24. The second kappa shape index (κ2) is 8.63. The first kappa shape index (κ1) is 20.8. The highest BCUT2D eigenvalue weighted by molar-refractivity contribution is 6.06. The van der Waals surface area contributed by atoms with E-state index >= 15 is 0 Å². The Balaban J connectivity index is 1.66. The van der Waals surface area contributed by atoms with Crippen LogP contribution >= 0.6 is 0 Å². The molecule has 3 rings (SSSR count). The van der Waals surface area contributed by atoms with Crippen molar-refractivity contribution >= 4 is 23.8 Å². The van der Waals surface area contributed by atoms with Crippen LogP contribution in [0.2, 0.25) is 0 Å². The van der Waals surface area contributed by atoms with Gasteiger partial charge in [-0.25, -0.2) is 4.79 Å². The third-order valence-corrected chi connectivity index (χ3v) is 5.23. The molecule has 1 aromatic carbocycles. The van der Waals surface area contributed by atoms with E-state index in [4.69, 9.17) is 4.74 Å². The molecule has 0 spiro atoms. The zero-order valence-corrected chi connectivity index (χ0v) is 16.8. The van der Waals surface area contributed by atoms with Crippen molar-refractivity contribution in [3.63, 3.8) is 0 Å². The van der Waals surface area contributed by atoms with E-state index in [0.29, 0.717) is 18.7 Å². The number of carbonyl (C=O) groups excluding carboxylic acids is 4. The average molecular weight is 401 g/mol. The number of urea groups is 1. The van der Waals surface area contributed by atoms with Crippen molar-refractivity contribution in [2.45, 2.75) is 51.2 Å². The summed E-state index contributed by atoms with van der Waals surface area (Å²) in [6.07, 6.45) is 1.75. The van der Waals surface area contributed by atoms with E-state index < -0.39 is 23.6 Å². The monoisotopic (exact) mass is 401 g/mol. The lowest BCUT2D eigenvalue weighted by atomic mass is 10.1. The van der Waals surface area contributed by atoms with Crippen LogP contribution in [0.25, 0.3) is 0 Å². The van der Waals surface area contributed by atoms with Gasteiger partial charge in [-0.2, -0.15) is 0 Å². The SMILES string of the molecule is CC1(C)NC(=O)N(CCC(=O)OC(C(=O)N2CCCCC2)c2ccccc2)C1=O. The van der Waals surface area contributed by atoms with E-state index in [-0.39, 0.29) is 24.8 Å². The van der Waals surface area contributed by atoms with E-state index in [1.54, 1.807) is 43.0 Å². The maximum atomic E-state index is 13.0. The van der Waals surface area contributed by atoms with Gasteiger partial charge in [0.05, 0.1) is 6.42 Å². The predicted octanol–water partition coefficient (Wildman–Crippen LogP) is 2.00. The Labute approximate surface area is 170 Å². The highest BCUT2D eigenvalue weighted by atomic mass is 16.5. The fraction of sp³-hybridized carbons (Fsp3) is 0.524. The van der Waals surface area contributed by atoms with Crippen LogP contribution in [0.3, 0.4) is 0 Å². The molecule has 156 valence electrons. The number of carbonyl (C=O) groups is 4. The first-order valence-electron chi connectivity index (χ1n) is 9.97. The Morgan fingerprint density at radius 1 is 1.10 bits per heavy atom. The van der Waals surface area contributed by atoms with Crippen LogP contribution in [0.4, 0.5) is 4.79 Å². The Bertz CT molecular complexity index is 787. The molecule has 1 unspecified atom stereocenters. The molecule has 1 N–H and O–H groups in total. The number of hydrogen-bond acceptors (Lipinski definition) is 5. The summed E-state index contributed by atoms with van der Waals surface area (Å²) in [5.41, 5.74) is -0.384. The Kier molecular flexibility index (Phi) is 6.20. The lowest BCUT2D eigenvalue weighted by Gasteiger charge is -2.30. The van der Waals surface area contributed by atoms with Crippen LogP contribution in [0.1, 0.15) is 51.2 Å². The van der Waals surface area contributed by atoms with E-state index in [1.165, 1.54) is 0 Å². The lowest BCUT2D eigenvalue weighted by molar-refractivity contribution is -0.161. The molecule has 0 bridgehead atoms. The van der Waals surface area contributed by atoms with Gasteiger partial charge in [0.25, 0.3) is 11.8 Å². The summed E-state index contributed by atoms with van der Waals surface area (Å²) >= 11 is 0. The molecule has 2 fully saturated rings. The van der Waals surface area contributed by atoms with Gasteiger partial charge in [0.2, 0.25) is 6.10 Å². The van der Waals surface area contributed by atoms with Crippen molar-refractivity contribution in [2.75, 3.05) is 19.6 Å². The summed E-state index contributed by atoms with van der Waals surface area (Å²) in [6, 6.07) is 8.37. The number of rotatable bonds is 6. The van der Waals surface area contributed by atoms with Gasteiger partial charge in [0, 0.05) is 25.2 Å². The van der Waals surface area contributed by atoms with Crippen LogP contribution < -0.4 is 5.32 Å². The molecule has 0 saturated carbocycles. The molecule has 2 saturated heterocycles. The van der Waals surface area contributed by atoms with Gasteiger partial charge in [-0.1, -0.05) is 30.3 Å². The van der Waals surface area contributed by atoms with Crippen LogP contribution in [0.15, 0.2) is 30.3 Å². The standard InChI is InChI=1S/C21H27N3O5/c1-21(2)19(27)24(20(28)22-21)14-11-16(25)29-17(15-9-5-3-6-10-15)18(26)23-12-7-4-8-13-23/h3,5-6,9-10,17H,4,7-8,11-14H2,1-2H3,(H,22,28). The molecule has 8 nitrogen and oxygen atoms in total. The highest BCUT2D eigenvalue weighted by Gasteiger charge is 2.44. The number of amides is 4. The normalized spacial score (nSPS) is 19.7. The third kappa shape index (κ3) is 4.75. The minimum Gasteiger partial charge on any atom is -0.447 e. The smallest absolute Gasteiger partial charge is 0.325 e. The van der Waals surface area contributed by atoms with Crippen LogP contribution in [0.5, 0.6) is 0 Å². The number of nitrogens with one attached hydrogen (secondary N) is 1. The van der Waals surface area contributed by atoms with Crippen molar-refractivity contribution in [2.24, 2.45) is 0 Å². The van der Waals surface area contributed by atoms with E-state index in [9.17, 15) is 19.2 Å². The quantitative estimate of drug-likeness (QED) is 0.581. The number of nitrogens with zero attached hydrogens (tertiary/aromatic N) is 2. The van der Waals surface area contributed by atoms with Gasteiger partial charge in [-0.3, -0.25) is 19.3 Å². The van der Waals surface area contributed by atoms with Gasteiger partial charge < -0.3 is 15.0 Å². The summed E-state index contributed by atoms with van der Waals surface area (Å²) < 4.78 is 5.53. The Morgan fingerprint density at radius 3 is 2.34 bits per heavy atom. The van der Waals surface area contributed by atoms with Crippen LogP contribution in [-0.4, -0.2) is 58.8 Å². The minimum absolute atomic E-state index is 0.0909. The van der Waals surface area contributed by atoms with Crippen molar-refractivity contribution < 1.29 is 23.9 Å². The van der Waals surface area contributed by atoms with Gasteiger partial charge in [-0.05, 0) is 33.1 Å². The number of piperidine rings is 1. The van der Waals surface area contributed by atoms with E-state index in [0.717, 1.165) is 24.2 Å². The minimum atomic E-state index is -1.03. The molecule has 4 amide bonds. The topological polar surface area (TPSA) is 96.0 Å². The number of benzene rings is 1. The third-order valence-electron chi connectivity index (χ3n) is 5.23. The predicted molar refractivity (Wildman–Crippen MR) is 105 cm³/mol. The van der Waals surface area contributed by atoms with E-state index in [2.05, 4.69) is 5.32 Å². The molecule has 0 radical (unpaired) electrons. The molecule has 2 aliphatic heterocycles. The first-order valence-corrected chi connectivity index (χ1v) is 9.97. The largest absolute Gasteiger partial charge is 0.447 e. The molecule has 0 aromatic heterocycles. The number of ether oxygens (including phenoxy) is 1. The number of likely N-dealkylation sites (tertiary alicyclic amines) is 1. The summed E-state index contributed by atoms with van der Waals surface area (Å²) in [5.74, 6) is -1.26. The van der Waals surface area contributed by atoms with Gasteiger partial charge in [0.1, 0.15) is 5.54 Å². The number of imide groups is 1. The molecule has 1 aromatic rings. The second-order valence-corrected chi connectivity index (χ2v) is 7.93. The van der Waals surface area contributed by atoms with Gasteiger partial charge in [0.15, 0.2) is 0 Å². The fourth-order valence-corrected chi connectivity index (χ4v) is 3.58. The summed E-state index contributed by atoms with van der Waals surface area (Å²) in [7, 11) is 0. The zero-order chi connectivity index (χ0) is 21.0. The Hall–Kier alpha value is -2.90. The van der Waals surface area contributed by atoms with Crippen molar-refractivity contribution in [3.05, 3.63) is 35.9 Å². The molecular formula is C21H27N3O5. The maximum Gasteiger partial charge on any atom is 0.325 e. The van der Waals surface area contributed by atoms with Gasteiger partial charge >= 0.3 is 12.0 Å². The van der Waals surface area contributed by atoms with Gasteiger partial charge in [-0.15, -0.1) is 0 Å².